The Bertz CT molecular complexity index is 786. The first-order valence-electron chi connectivity index (χ1n) is 8.29. The second kappa shape index (κ2) is 8.38. The molecule has 0 spiro atoms. The van der Waals surface area contributed by atoms with E-state index in [0.717, 1.165) is 5.56 Å². The van der Waals surface area contributed by atoms with Crippen LogP contribution in [0.4, 0.5) is 0 Å². The third-order valence-electron chi connectivity index (χ3n) is 3.82. The van der Waals surface area contributed by atoms with E-state index in [2.05, 4.69) is 0 Å². The molecular formula is C21H24O4. The van der Waals surface area contributed by atoms with Crippen molar-refractivity contribution in [2.24, 2.45) is 0 Å². The Labute approximate surface area is 148 Å². The van der Waals surface area contributed by atoms with E-state index >= 15 is 0 Å². The molecule has 0 saturated heterocycles. The minimum Gasteiger partial charge on any atom is -0.508 e. The molecule has 0 heterocycles. The molecule has 0 aromatic heterocycles. The number of phenols is 1. The summed E-state index contributed by atoms with van der Waals surface area (Å²) in [6, 6.07) is 10.2. The molecule has 0 bridgehead atoms. The van der Waals surface area contributed by atoms with Gasteiger partial charge in [0.1, 0.15) is 23.0 Å². The number of aromatic hydroxyl groups is 1. The van der Waals surface area contributed by atoms with Gasteiger partial charge in [-0.25, -0.2) is 0 Å². The van der Waals surface area contributed by atoms with Crippen LogP contribution < -0.4 is 9.47 Å². The first kappa shape index (κ1) is 18.6. The van der Waals surface area contributed by atoms with Gasteiger partial charge in [0.2, 0.25) is 0 Å². The van der Waals surface area contributed by atoms with Crippen LogP contribution >= 0.6 is 0 Å². The summed E-state index contributed by atoms with van der Waals surface area (Å²) >= 11 is 0. The minimum atomic E-state index is 0.00111. The van der Waals surface area contributed by atoms with Crippen LogP contribution in [-0.4, -0.2) is 18.0 Å². The summed E-state index contributed by atoms with van der Waals surface area (Å²) < 4.78 is 11.2. The highest BCUT2D eigenvalue weighted by molar-refractivity contribution is 5.98. The molecule has 4 heteroatoms. The molecule has 25 heavy (non-hydrogen) atoms. The van der Waals surface area contributed by atoms with Gasteiger partial charge >= 0.3 is 0 Å². The highest BCUT2D eigenvalue weighted by atomic mass is 16.5. The summed E-state index contributed by atoms with van der Waals surface area (Å²) in [6.45, 7) is 5.83. The fourth-order valence-corrected chi connectivity index (χ4v) is 2.36. The van der Waals surface area contributed by atoms with E-state index in [9.17, 15) is 9.90 Å². The Morgan fingerprint density at radius 1 is 1.12 bits per heavy atom. The standard InChI is InChI=1S/C21H24O4/c1-5-19(22)18-10-8-16(24-4)13-21(18)25-17-9-11-20(23)15(12-17)7-6-14(2)3/h6,8-13,23H,5,7H2,1-4H3. The van der Waals surface area contributed by atoms with E-state index in [0.29, 0.717) is 35.7 Å². The Kier molecular flexibility index (Phi) is 6.23. The Morgan fingerprint density at radius 3 is 2.48 bits per heavy atom. The quantitative estimate of drug-likeness (QED) is 0.549. The minimum absolute atomic E-state index is 0.00111. The van der Waals surface area contributed by atoms with Crippen molar-refractivity contribution in [3.05, 3.63) is 59.2 Å². The highest BCUT2D eigenvalue weighted by Gasteiger charge is 2.14. The van der Waals surface area contributed by atoms with Gasteiger partial charge in [-0.15, -0.1) is 0 Å². The number of allylic oxidation sites excluding steroid dienone is 2. The van der Waals surface area contributed by atoms with Crippen LogP contribution in [0, 0.1) is 0 Å². The van der Waals surface area contributed by atoms with E-state index in [-0.39, 0.29) is 11.5 Å². The molecule has 132 valence electrons. The summed E-state index contributed by atoms with van der Waals surface area (Å²) in [7, 11) is 1.57. The van der Waals surface area contributed by atoms with Crippen molar-refractivity contribution in [1.29, 1.82) is 0 Å². The highest BCUT2D eigenvalue weighted by Crippen LogP contribution is 2.32. The van der Waals surface area contributed by atoms with Crippen molar-refractivity contribution in [3.8, 4) is 23.0 Å². The van der Waals surface area contributed by atoms with E-state index in [1.165, 1.54) is 5.57 Å². The van der Waals surface area contributed by atoms with Crippen molar-refractivity contribution in [2.45, 2.75) is 33.6 Å². The normalized spacial score (nSPS) is 10.2. The van der Waals surface area contributed by atoms with E-state index in [1.54, 1.807) is 43.5 Å². The molecule has 0 amide bonds. The summed E-state index contributed by atoms with van der Waals surface area (Å²) in [5, 5.41) is 10.0. The Balaban J connectivity index is 2.37. The van der Waals surface area contributed by atoms with Crippen LogP contribution in [0.2, 0.25) is 0 Å². The van der Waals surface area contributed by atoms with E-state index in [1.807, 2.05) is 26.8 Å². The van der Waals surface area contributed by atoms with Crippen molar-refractivity contribution < 1.29 is 19.4 Å². The van der Waals surface area contributed by atoms with Gasteiger partial charge in [-0.05, 0) is 50.6 Å². The average molecular weight is 340 g/mol. The predicted octanol–water partition coefficient (Wildman–Crippen LogP) is 5.29. The summed E-state index contributed by atoms with van der Waals surface area (Å²) in [6.07, 6.45) is 3.05. The second-order valence-corrected chi connectivity index (χ2v) is 6.02. The van der Waals surface area contributed by atoms with Gasteiger partial charge in [0, 0.05) is 18.1 Å². The number of phenolic OH excluding ortho intramolecular Hbond substituents is 1. The lowest BCUT2D eigenvalue weighted by Crippen LogP contribution is -2.01. The van der Waals surface area contributed by atoms with Crippen LogP contribution in [0.1, 0.15) is 43.1 Å². The fourth-order valence-electron chi connectivity index (χ4n) is 2.36. The van der Waals surface area contributed by atoms with Crippen LogP contribution in [-0.2, 0) is 6.42 Å². The molecular weight excluding hydrogens is 316 g/mol. The average Bonchev–Trinajstić information content (AvgIpc) is 2.61. The van der Waals surface area contributed by atoms with Gasteiger partial charge < -0.3 is 14.6 Å². The maximum absolute atomic E-state index is 12.2. The van der Waals surface area contributed by atoms with Crippen LogP contribution in [0.5, 0.6) is 23.0 Å². The summed E-state index contributed by atoms with van der Waals surface area (Å²) in [5.41, 5.74) is 2.46. The molecule has 1 N–H and O–H groups in total. The lowest BCUT2D eigenvalue weighted by molar-refractivity contribution is 0.0986. The van der Waals surface area contributed by atoms with Gasteiger partial charge in [-0.1, -0.05) is 18.6 Å². The van der Waals surface area contributed by atoms with Crippen LogP contribution in [0.3, 0.4) is 0 Å². The lowest BCUT2D eigenvalue weighted by atomic mass is 10.1. The summed E-state index contributed by atoms with van der Waals surface area (Å²) in [5.74, 6) is 1.85. The monoisotopic (exact) mass is 340 g/mol. The van der Waals surface area contributed by atoms with Gasteiger partial charge in [0.15, 0.2) is 5.78 Å². The van der Waals surface area contributed by atoms with E-state index < -0.39 is 0 Å². The van der Waals surface area contributed by atoms with Gasteiger partial charge in [-0.3, -0.25) is 4.79 Å². The maximum Gasteiger partial charge on any atom is 0.166 e. The van der Waals surface area contributed by atoms with Crippen LogP contribution in [0.25, 0.3) is 0 Å². The predicted molar refractivity (Wildman–Crippen MR) is 98.9 cm³/mol. The maximum atomic E-state index is 12.2. The molecule has 0 aliphatic carbocycles. The number of carbonyl (C=O) groups is 1. The molecule has 0 radical (unpaired) electrons. The number of Topliss-reactive ketones (excluding diaryl/α,β-unsaturated/α-hetero) is 1. The fraction of sp³-hybridized carbons (Fsp3) is 0.286. The van der Waals surface area contributed by atoms with Crippen molar-refractivity contribution >= 4 is 5.78 Å². The third kappa shape index (κ3) is 4.86. The largest absolute Gasteiger partial charge is 0.508 e. The van der Waals surface area contributed by atoms with Crippen LogP contribution in [0.15, 0.2) is 48.0 Å². The number of carbonyl (C=O) groups excluding carboxylic acids is 1. The first-order valence-corrected chi connectivity index (χ1v) is 8.29. The van der Waals surface area contributed by atoms with E-state index in [4.69, 9.17) is 9.47 Å². The second-order valence-electron chi connectivity index (χ2n) is 6.02. The molecule has 4 nitrogen and oxygen atoms in total. The van der Waals surface area contributed by atoms with Gasteiger partial charge in [-0.2, -0.15) is 0 Å². The smallest absolute Gasteiger partial charge is 0.166 e. The third-order valence-corrected chi connectivity index (χ3v) is 3.82. The molecule has 0 saturated carbocycles. The Hall–Kier alpha value is -2.75. The molecule has 2 aromatic rings. The lowest BCUT2D eigenvalue weighted by Gasteiger charge is -2.13. The molecule has 2 rings (SSSR count). The molecule has 0 aliphatic rings. The van der Waals surface area contributed by atoms with Gasteiger partial charge in [0.05, 0.1) is 12.7 Å². The molecule has 0 atom stereocenters. The van der Waals surface area contributed by atoms with Gasteiger partial charge in [0.25, 0.3) is 0 Å². The molecule has 0 aliphatic heterocycles. The zero-order valence-electron chi connectivity index (χ0n) is 15.1. The topological polar surface area (TPSA) is 55.8 Å². The molecule has 2 aromatic carbocycles. The number of rotatable bonds is 7. The number of ether oxygens (including phenoxy) is 2. The first-order chi connectivity index (χ1) is 11.9. The molecule has 0 unspecified atom stereocenters. The van der Waals surface area contributed by atoms with Crippen molar-refractivity contribution in [1.82, 2.24) is 0 Å². The number of ketones is 1. The number of methoxy groups -OCH3 is 1. The Morgan fingerprint density at radius 2 is 1.84 bits per heavy atom. The number of hydrogen-bond donors (Lipinski definition) is 1. The zero-order chi connectivity index (χ0) is 18.4. The SMILES string of the molecule is CCC(=O)c1ccc(OC)cc1Oc1ccc(O)c(CC=C(C)C)c1. The zero-order valence-corrected chi connectivity index (χ0v) is 15.1. The number of hydrogen-bond acceptors (Lipinski definition) is 4. The molecule has 0 fully saturated rings. The van der Waals surface area contributed by atoms with Crippen molar-refractivity contribution in [2.75, 3.05) is 7.11 Å². The number of benzene rings is 2. The van der Waals surface area contributed by atoms with Crippen molar-refractivity contribution in [3.63, 3.8) is 0 Å². The summed E-state index contributed by atoms with van der Waals surface area (Å²) in [4.78, 5) is 12.2.